The molecule has 0 amide bonds. The van der Waals surface area contributed by atoms with Crippen molar-refractivity contribution in [2.45, 2.75) is 19.3 Å². The minimum Gasteiger partial charge on any atom is -0.396 e. The molecule has 0 aromatic heterocycles. The van der Waals surface area contributed by atoms with Gasteiger partial charge in [0, 0.05) is 18.9 Å². The number of aliphatic hydroxyl groups is 1. The van der Waals surface area contributed by atoms with Crippen molar-refractivity contribution in [1.29, 1.82) is 0 Å². The maximum absolute atomic E-state index is 8.51. The number of aliphatic hydroxyl groups excluding tert-OH is 1. The van der Waals surface area contributed by atoms with Gasteiger partial charge in [-0.25, -0.2) is 0 Å². The molecule has 0 aromatic rings. The molecule has 0 aliphatic rings. The van der Waals surface area contributed by atoms with Crippen LogP contribution in [0.2, 0.25) is 0 Å². The topological polar surface area (TPSA) is 23.5 Å². The fourth-order valence-electron chi connectivity index (χ4n) is 0.953. The van der Waals surface area contributed by atoms with Crippen molar-refractivity contribution < 1.29 is 5.11 Å². The molecule has 0 aromatic carbocycles. The van der Waals surface area contributed by atoms with E-state index < -0.39 is 0 Å². The standard InChI is InChI=1S/C8H19NOS/c1-9(6-8-11)5-3-2-4-7-10/h10-11H,2-8H2,1H3. The van der Waals surface area contributed by atoms with Crippen LogP contribution in [-0.2, 0) is 0 Å². The van der Waals surface area contributed by atoms with Gasteiger partial charge in [-0.1, -0.05) is 0 Å². The molecule has 0 heterocycles. The second kappa shape index (κ2) is 8.37. The predicted octanol–water partition coefficient (Wildman–Crippen LogP) is 1.01. The number of unbranched alkanes of at least 4 members (excludes halogenated alkanes) is 2. The van der Waals surface area contributed by atoms with Crippen LogP contribution in [0.4, 0.5) is 0 Å². The average molecular weight is 177 g/mol. The Kier molecular flexibility index (Phi) is 8.57. The van der Waals surface area contributed by atoms with Gasteiger partial charge < -0.3 is 10.0 Å². The van der Waals surface area contributed by atoms with Gasteiger partial charge in [0.2, 0.25) is 0 Å². The summed E-state index contributed by atoms with van der Waals surface area (Å²) in [4.78, 5) is 2.27. The van der Waals surface area contributed by atoms with Gasteiger partial charge in [0.25, 0.3) is 0 Å². The Bertz CT molecular complexity index is 80.5. The third kappa shape index (κ3) is 8.17. The van der Waals surface area contributed by atoms with Gasteiger partial charge in [-0.15, -0.1) is 0 Å². The molecule has 0 saturated carbocycles. The van der Waals surface area contributed by atoms with Crippen LogP contribution < -0.4 is 0 Å². The summed E-state index contributed by atoms with van der Waals surface area (Å²) in [5.41, 5.74) is 0. The van der Waals surface area contributed by atoms with Crippen LogP contribution in [0.25, 0.3) is 0 Å². The fourth-order valence-corrected chi connectivity index (χ4v) is 1.29. The third-order valence-electron chi connectivity index (χ3n) is 1.68. The van der Waals surface area contributed by atoms with Crippen molar-refractivity contribution >= 4 is 12.6 Å². The minimum atomic E-state index is 0.330. The van der Waals surface area contributed by atoms with Crippen molar-refractivity contribution in [2.75, 3.05) is 32.5 Å². The lowest BCUT2D eigenvalue weighted by molar-refractivity contribution is 0.275. The lowest BCUT2D eigenvalue weighted by Gasteiger charge is -2.14. The van der Waals surface area contributed by atoms with Gasteiger partial charge in [0.1, 0.15) is 0 Å². The van der Waals surface area contributed by atoms with E-state index in [1.54, 1.807) is 0 Å². The fraction of sp³-hybridized carbons (Fsp3) is 1.00. The van der Waals surface area contributed by atoms with E-state index in [-0.39, 0.29) is 0 Å². The molecule has 0 unspecified atom stereocenters. The summed E-state index contributed by atoms with van der Waals surface area (Å²) in [6.07, 6.45) is 3.26. The lowest BCUT2D eigenvalue weighted by atomic mass is 10.2. The zero-order valence-corrected chi connectivity index (χ0v) is 8.19. The smallest absolute Gasteiger partial charge is 0.0431 e. The Morgan fingerprint density at radius 3 is 2.45 bits per heavy atom. The van der Waals surface area contributed by atoms with Crippen molar-refractivity contribution in [1.82, 2.24) is 4.90 Å². The van der Waals surface area contributed by atoms with Gasteiger partial charge in [-0.3, -0.25) is 0 Å². The minimum absolute atomic E-state index is 0.330. The van der Waals surface area contributed by atoms with E-state index in [4.69, 9.17) is 5.11 Å². The summed E-state index contributed by atoms with van der Waals surface area (Å²) in [5, 5.41) is 8.51. The van der Waals surface area contributed by atoms with Crippen LogP contribution in [0.5, 0.6) is 0 Å². The van der Waals surface area contributed by atoms with Crippen molar-refractivity contribution in [3.05, 3.63) is 0 Å². The van der Waals surface area contributed by atoms with Gasteiger partial charge in [-0.05, 0) is 32.9 Å². The van der Waals surface area contributed by atoms with Crippen molar-refractivity contribution in [3.8, 4) is 0 Å². The first-order chi connectivity index (χ1) is 5.31. The van der Waals surface area contributed by atoms with Gasteiger partial charge in [0.15, 0.2) is 0 Å². The molecule has 0 rings (SSSR count). The quantitative estimate of drug-likeness (QED) is 0.448. The lowest BCUT2D eigenvalue weighted by Crippen LogP contribution is -2.21. The number of nitrogens with zero attached hydrogens (tertiary/aromatic N) is 1. The molecule has 0 fully saturated rings. The first kappa shape index (κ1) is 11.3. The normalized spacial score (nSPS) is 10.9. The van der Waals surface area contributed by atoms with Gasteiger partial charge in [-0.2, -0.15) is 12.6 Å². The second-order valence-corrected chi connectivity index (χ2v) is 3.26. The molecule has 0 bridgehead atoms. The largest absolute Gasteiger partial charge is 0.396 e. The maximum Gasteiger partial charge on any atom is 0.0431 e. The molecule has 2 nitrogen and oxygen atoms in total. The molecular weight excluding hydrogens is 158 g/mol. The van der Waals surface area contributed by atoms with Crippen LogP contribution in [0.3, 0.4) is 0 Å². The number of hydrogen-bond donors (Lipinski definition) is 2. The molecular formula is C8H19NOS. The molecule has 0 saturated heterocycles. The zero-order chi connectivity index (χ0) is 8.53. The summed E-state index contributed by atoms with van der Waals surface area (Å²) in [6, 6.07) is 0. The summed E-state index contributed by atoms with van der Waals surface area (Å²) >= 11 is 4.14. The highest BCUT2D eigenvalue weighted by Gasteiger charge is 1.94. The van der Waals surface area contributed by atoms with Crippen LogP contribution in [-0.4, -0.2) is 42.5 Å². The number of thiol groups is 1. The Labute approximate surface area is 75.0 Å². The predicted molar refractivity (Wildman–Crippen MR) is 52.3 cm³/mol. The molecule has 0 radical (unpaired) electrons. The molecule has 11 heavy (non-hydrogen) atoms. The van der Waals surface area contributed by atoms with Crippen molar-refractivity contribution in [2.24, 2.45) is 0 Å². The summed E-state index contributed by atoms with van der Waals surface area (Å²) in [5.74, 6) is 0.927. The van der Waals surface area contributed by atoms with E-state index >= 15 is 0 Å². The van der Waals surface area contributed by atoms with E-state index in [9.17, 15) is 0 Å². The maximum atomic E-state index is 8.51. The Hall–Kier alpha value is 0.270. The highest BCUT2D eigenvalue weighted by atomic mass is 32.1. The SMILES string of the molecule is CN(CCS)CCCCCO. The molecule has 1 N–H and O–H groups in total. The van der Waals surface area contributed by atoms with Crippen molar-refractivity contribution in [3.63, 3.8) is 0 Å². The van der Waals surface area contributed by atoms with Gasteiger partial charge in [0.05, 0.1) is 0 Å². The third-order valence-corrected chi connectivity index (χ3v) is 1.88. The molecule has 0 aliphatic heterocycles. The summed E-state index contributed by atoms with van der Waals surface area (Å²) < 4.78 is 0. The van der Waals surface area contributed by atoms with Crippen LogP contribution in [0.15, 0.2) is 0 Å². The summed E-state index contributed by atoms with van der Waals surface area (Å²) in [6.45, 7) is 2.51. The molecule has 0 spiro atoms. The van der Waals surface area contributed by atoms with Gasteiger partial charge >= 0.3 is 0 Å². The first-order valence-electron chi connectivity index (χ1n) is 4.21. The van der Waals surface area contributed by atoms with Crippen LogP contribution in [0.1, 0.15) is 19.3 Å². The Balaban J connectivity index is 2.97. The molecule has 0 aliphatic carbocycles. The molecule has 0 atom stereocenters. The van der Waals surface area contributed by atoms with Crippen LogP contribution in [0, 0.1) is 0 Å². The Morgan fingerprint density at radius 1 is 1.18 bits per heavy atom. The van der Waals surface area contributed by atoms with E-state index in [0.717, 1.165) is 31.7 Å². The molecule has 3 heteroatoms. The number of hydrogen-bond acceptors (Lipinski definition) is 3. The first-order valence-corrected chi connectivity index (χ1v) is 4.84. The second-order valence-electron chi connectivity index (χ2n) is 2.81. The molecule has 68 valence electrons. The zero-order valence-electron chi connectivity index (χ0n) is 7.29. The average Bonchev–Trinajstić information content (AvgIpc) is 1.99. The highest BCUT2D eigenvalue weighted by Crippen LogP contribution is 1.96. The monoisotopic (exact) mass is 177 g/mol. The Morgan fingerprint density at radius 2 is 1.91 bits per heavy atom. The van der Waals surface area contributed by atoms with E-state index in [1.807, 2.05) is 0 Å². The highest BCUT2D eigenvalue weighted by molar-refractivity contribution is 7.80. The van der Waals surface area contributed by atoms with E-state index in [0.29, 0.717) is 6.61 Å². The van der Waals surface area contributed by atoms with E-state index in [1.165, 1.54) is 6.42 Å². The van der Waals surface area contributed by atoms with Crippen LogP contribution >= 0.6 is 12.6 Å². The van der Waals surface area contributed by atoms with E-state index in [2.05, 4.69) is 24.6 Å². The number of rotatable bonds is 7. The summed E-state index contributed by atoms with van der Waals surface area (Å²) in [7, 11) is 2.11.